The first-order chi connectivity index (χ1) is 6.25. The van der Waals surface area contributed by atoms with Gasteiger partial charge in [0.15, 0.2) is 0 Å². The van der Waals surface area contributed by atoms with E-state index in [1.54, 1.807) is 0 Å². The Kier molecular flexibility index (Phi) is 2.77. The number of hydrogen-bond acceptors (Lipinski definition) is 2. The monoisotopic (exact) mass is 195 g/mol. The maximum Gasteiger partial charge on any atom is 0.106 e. The molecule has 0 aliphatic carbocycles. The van der Waals surface area contributed by atoms with Gasteiger partial charge in [0, 0.05) is 11.6 Å². The largest absolute Gasteiger partial charge is 0.466 e. The lowest BCUT2D eigenvalue weighted by molar-refractivity contribution is 0.322. The smallest absolute Gasteiger partial charge is 0.106 e. The van der Waals surface area contributed by atoms with E-state index in [9.17, 15) is 0 Å². The van der Waals surface area contributed by atoms with Gasteiger partial charge in [0.05, 0.1) is 0 Å². The summed E-state index contributed by atoms with van der Waals surface area (Å²) >= 11 is 0. The summed E-state index contributed by atoms with van der Waals surface area (Å²) in [5.41, 5.74) is 8.68. The Bertz CT molecular complexity index is 331. The maximum absolute atomic E-state index is 6.23. The van der Waals surface area contributed by atoms with Crippen LogP contribution in [0.3, 0.4) is 0 Å². The van der Waals surface area contributed by atoms with E-state index in [-0.39, 0.29) is 11.5 Å². The molecular formula is C12H21NO. The molecule has 0 fully saturated rings. The van der Waals surface area contributed by atoms with Crippen LogP contribution in [0.25, 0.3) is 0 Å². The first-order valence-electron chi connectivity index (χ1n) is 5.07. The van der Waals surface area contributed by atoms with Gasteiger partial charge < -0.3 is 10.2 Å². The second-order valence-corrected chi connectivity index (χ2v) is 5.10. The third-order valence-corrected chi connectivity index (χ3v) is 2.86. The Hall–Kier alpha value is -0.760. The lowest BCUT2D eigenvalue weighted by atomic mass is 9.81. The Morgan fingerprint density at radius 1 is 1.07 bits per heavy atom. The fourth-order valence-corrected chi connectivity index (χ4v) is 1.70. The molecule has 0 amide bonds. The number of nitrogens with two attached hydrogens (primary N) is 1. The minimum absolute atomic E-state index is 0.0416. The van der Waals surface area contributed by atoms with Crippen LogP contribution in [0.2, 0.25) is 0 Å². The molecule has 1 aromatic heterocycles. The minimum atomic E-state index is 0.0416. The van der Waals surface area contributed by atoms with Gasteiger partial charge in [-0.2, -0.15) is 0 Å². The summed E-state index contributed by atoms with van der Waals surface area (Å²) in [4.78, 5) is 0. The van der Waals surface area contributed by atoms with Gasteiger partial charge in [-0.15, -0.1) is 0 Å². The first-order valence-corrected chi connectivity index (χ1v) is 5.07. The highest BCUT2D eigenvalue weighted by Gasteiger charge is 2.27. The van der Waals surface area contributed by atoms with E-state index >= 15 is 0 Å². The van der Waals surface area contributed by atoms with Crippen molar-refractivity contribution in [2.24, 2.45) is 11.1 Å². The summed E-state index contributed by atoms with van der Waals surface area (Å²) < 4.78 is 5.58. The maximum atomic E-state index is 6.23. The van der Waals surface area contributed by atoms with Crippen LogP contribution in [0.4, 0.5) is 0 Å². The van der Waals surface area contributed by atoms with Crippen LogP contribution in [0.15, 0.2) is 4.42 Å². The third-order valence-electron chi connectivity index (χ3n) is 2.86. The van der Waals surface area contributed by atoms with Gasteiger partial charge in [-0.1, -0.05) is 20.8 Å². The highest BCUT2D eigenvalue weighted by atomic mass is 16.3. The Morgan fingerprint density at radius 3 is 1.86 bits per heavy atom. The minimum Gasteiger partial charge on any atom is -0.466 e. The van der Waals surface area contributed by atoms with Crippen molar-refractivity contribution in [2.75, 3.05) is 0 Å². The van der Waals surface area contributed by atoms with Crippen LogP contribution in [0.1, 0.15) is 49.5 Å². The molecule has 0 bridgehead atoms. The van der Waals surface area contributed by atoms with E-state index in [0.717, 1.165) is 11.5 Å². The summed E-state index contributed by atoms with van der Waals surface area (Å²) in [6.45, 7) is 12.5. The second-order valence-electron chi connectivity index (χ2n) is 5.10. The standard InChI is InChI=1S/C12H21NO/c1-7-8(2)14-9(3)10(7)11(13)12(4,5)6/h11H,13H2,1-6H3. The summed E-state index contributed by atoms with van der Waals surface area (Å²) in [5.74, 6) is 1.94. The van der Waals surface area contributed by atoms with E-state index < -0.39 is 0 Å². The van der Waals surface area contributed by atoms with Crippen LogP contribution in [0, 0.1) is 26.2 Å². The molecule has 80 valence electrons. The number of furan rings is 1. The quantitative estimate of drug-likeness (QED) is 0.747. The fourth-order valence-electron chi connectivity index (χ4n) is 1.70. The molecule has 1 aromatic rings. The molecule has 2 heteroatoms. The molecule has 2 N–H and O–H groups in total. The highest BCUT2D eigenvalue weighted by molar-refractivity contribution is 5.34. The molecule has 1 heterocycles. The second kappa shape index (κ2) is 3.43. The van der Waals surface area contributed by atoms with Crippen molar-refractivity contribution in [1.29, 1.82) is 0 Å². The molecule has 0 aliphatic heterocycles. The van der Waals surface area contributed by atoms with Crippen molar-refractivity contribution in [3.05, 3.63) is 22.6 Å². The van der Waals surface area contributed by atoms with E-state index in [0.29, 0.717) is 0 Å². The average molecular weight is 195 g/mol. The van der Waals surface area contributed by atoms with Gasteiger partial charge in [-0.05, 0) is 31.7 Å². The van der Waals surface area contributed by atoms with Crippen molar-refractivity contribution >= 4 is 0 Å². The molecule has 1 rings (SSSR count). The van der Waals surface area contributed by atoms with Crippen LogP contribution in [0.5, 0.6) is 0 Å². The average Bonchev–Trinajstić information content (AvgIpc) is 2.24. The van der Waals surface area contributed by atoms with E-state index in [2.05, 4.69) is 27.7 Å². The number of rotatable bonds is 1. The molecular weight excluding hydrogens is 174 g/mol. The van der Waals surface area contributed by atoms with Crippen LogP contribution >= 0.6 is 0 Å². The van der Waals surface area contributed by atoms with Crippen molar-refractivity contribution in [1.82, 2.24) is 0 Å². The van der Waals surface area contributed by atoms with Crippen molar-refractivity contribution < 1.29 is 4.42 Å². The molecule has 0 saturated heterocycles. The topological polar surface area (TPSA) is 39.2 Å². The van der Waals surface area contributed by atoms with Gasteiger partial charge in [0.1, 0.15) is 11.5 Å². The molecule has 1 unspecified atom stereocenters. The first kappa shape index (κ1) is 11.3. The van der Waals surface area contributed by atoms with Crippen molar-refractivity contribution in [3.8, 4) is 0 Å². The van der Waals surface area contributed by atoms with Gasteiger partial charge in [0.25, 0.3) is 0 Å². The van der Waals surface area contributed by atoms with E-state index in [1.165, 1.54) is 11.1 Å². The molecule has 0 saturated carbocycles. The lowest BCUT2D eigenvalue weighted by Crippen LogP contribution is -2.27. The zero-order valence-corrected chi connectivity index (χ0v) is 10.1. The number of hydrogen-bond donors (Lipinski definition) is 1. The Labute approximate surface area is 86.5 Å². The van der Waals surface area contributed by atoms with Gasteiger partial charge >= 0.3 is 0 Å². The molecule has 14 heavy (non-hydrogen) atoms. The summed E-state index contributed by atoms with van der Waals surface area (Å²) in [6.07, 6.45) is 0. The van der Waals surface area contributed by atoms with Crippen LogP contribution < -0.4 is 5.73 Å². The summed E-state index contributed by atoms with van der Waals surface area (Å²) in [6, 6.07) is 0.0416. The molecule has 2 nitrogen and oxygen atoms in total. The lowest BCUT2D eigenvalue weighted by Gasteiger charge is -2.27. The zero-order chi connectivity index (χ0) is 11.1. The van der Waals surface area contributed by atoms with E-state index in [4.69, 9.17) is 10.2 Å². The third kappa shape index (κ3) is 1.85. The predicted molar refractivity (Wildman–Crippen MR) is 59.3 cm³/mol. The Morgan fingerprint density at radius 2 is 1.57 bits per heavy atom. The van der Waals surface area contributed by atoms with Gasteiger partial charge in [-0.3, -0.25) is 0 Å². The fraction of sp³-hybridized carbons (Fsp3) is 0.667. The highest BCUT2D eigenvalue weighted by Crippen LogP contribution is 2.36. The van der Waals surface area contributed by atoms with Crippen LogP contribution in [-0.4, -0.2) is 0 Å². The predicted octanol–water partition coefficient (Wildman–Crippen LogP) is 3.25. The summed E-state index contributed by atoms with van der Waals surface area (Å²) in [5, 5.41) is 0. The molecule has 0 radical (unpaired) electrons. The SMILES string of the molecule is Cc1oc(C)c(C(N)C(C)(C)C)c1C. The van der Waals surface area contributed by atoms with Crippen molar-refractivity contribution in [3.63, 3.8) is 0 Å². The normalized spacial score (nSPS) is 14.5. The van der Waals surface area contributed by atoms with E-state index in [1.807, 2.05) is 13.8 Å². The number of aryl methyl sites for hydroxylation is 2. The molecule has 0 aliphatic rings. The summed E-state index contributed by atoms with van der Waals surface area (Å²) in [7, 11) is 0. The van der Waals surface area contributed by atoms with Crippen molar-refractivity contribution in [2.45, 2.75) is 47.6 Å². The molecule has 1 atom stereocenters. The van der Waals surface area contributed by atoms with Gasteiger partial charge in [0.2, 0.25) is 0 Å². The van der Waals surface area contributed by atoms with Crippen LogP contribution in [-0.2, 0) is 0 Å². The molecule has 0 aromatic carbocycles. The zero-order valence-electron chi connectivity index (χ0n) is 10.1. The molecule has 0 spiro atoms. The Balaban J connectivity index is 3.19. The van der Waals surface area contributed by atoms with Gasteiger partial charge in [-0.25, -0.2) is 0 Å².